The summed E-state index contributed by atoms with van der Waals surface area (Å²) < 4.78 is 10.3. The first-order valence-electron chi connectivity index (χ1n) is 5.90. The van der Waals surface area contributed by atoms with Gasteiger partial charge in [-0.1, -0.05) is 20.8 Å². The first-order chi connectivity index (χ1) is 7.12. The Hall–Kier alpha value is -0.120. The zero-order valence-electron chi connectivity index (χ0n) is 10.8. The maximum Gasteiger partial charge on any atom is 0.0700 e. The molecule has 0 aromatic carbocycles. The lowest BCUT2D eigenvalue weighted by molar-refractivity contribution is 0.0692. The SMILES string of the molecule is CCC(C)(C)CNCCCOCCOC. The van der Waals surface area contributed by atoms with Crippen molar-refractivity contribution in [3.63, 3.8) is 0 Å². The van der Waals surface area contributed by atoms with Crippen molar-refractivity contribution in [3.05, 3.63) is 0 Å². The lowest BCUT2D eigenvalue weighted by Gasteiger charge is -2.22. The predicted octanol–water partition coefficient (Wildman–Crippen LogP) is 2.07. The summed E-state index contributed by atoms with van der Waals surface area (Å²) in [5.74, 6) is 0. The molecular weight excluding hydrogens is 190 g/mol. The van der Waals surface area contributed by atoms with Gasteiger partial charge in [0.05, 0.1) is 13.2 Å². The summed E-state index contributed by atoms with van der Waals surface area (Å²) in [7, 11) is 1.69. The molecule has 3 nitrogen and oxygen atoms in total. The van der Waals surface area contributed by atoms with Crippen LogP contribution in [0, 0.1) is 5.41 Å². The number of nitrogens with one attached hydrogen (secondary N) is 1. The molecule has 0 fully saturated rings. The Morgan fingerprint density at radius 3 is 2.47 bits per heavy atom. The highest BCUT2D eigenvalue weighted by Gasteiger charge is 2.13. The van der Waals surface area contributed by atoms with Crippen LogP contribution in [0.4, 0.5) is 0 Å². The molecule has 0 heterocycles. The highest BCUT2D eigenvalue weighted by Crippen LogP contribution is 2.17. The van der Waals surface area contributed by atoms with Gasteiger partial charge in [0.15, 0.2) is 0 Å². The van der Waals surface area contributed by atoms with Crippen LogP contribution in [0.2, 0.25) is 0 Å². The molecule has 0 aliphatic heterocycles. The van der Waals surface area contributed by atoms with Crippen LogP contribution >= 0.6 is 0 Å². The zero-order chi connectivity index (χ0) is 11.6. The molecule has 0 rings (SSSR count). The summed E-state index contributed by atoms with van der Waals surface area (Å²) in [6.07, 6.45) is 2.29. The fourth-order valence-electron chi connectivity index (χ4n) is 1.10. The van der Waals surface area contributed by atoms with E-state index in [2.05, 4.69) is 26.1 Å². The van der Waals surface area contributed by atoms with Crippen molar-refractivity contribution in [3.8, 4) is 0 Å². The van der Waals surface area contributed by atoms with Crippen molar-refractivity contribution in [2.45, 2.75) is 33.6 Å². The quantitative estimate of drug-likeness (QED) is 0.568. The van der Waals surface area contributed by atoms with Crippen molar-refractivity contribution >= 4 is 0 Å². The van der Waals surface area contributed by atoms with Gasteiger partial charge in [0.1, 0.15) is 0 Å². The molecule has 0 saturated heterocycles. The Morgan fingerprint density at radius 1 is 1.13 bits per heavy atom. The Morgan fingerprint density at radius 2 is 1.87 bits per heavy atom. The minimum atomic E-state index is 0.414. The van der Waals surface area contributed by atoms with Gasteiger partial charge >= 0.3 is 0 Å². The topological polar surface area (TPSA) is 30.5 Å². The van der Waals surface area contributed by atoms with Crippen molar-refractivity contribution < 1.29 is 9.47 Å². The molecule has 0 aliphatic rings. The fraction of sp³-hybridized carbons (Fsp3) is 1.00. The monoisotopic (exact) mass is 217 g/mol. The fourth-order valence-corrected chi connectivity index (χ4v) is 1.10. The number of rotatable bonds is 10. The van der Waals surface area contributed by atoms with E-state index in [-0.39, 0.29) is 0 Å². The van der Waals surface area contributed by atoms with E-state index in [1.165, 1.54) is 6.42 Å². The van der Waals surface area contributed by atoms with Gasteiger partial charge in [0, 0.05) is 20.3 Å². The molecule has 0 aliphatic carbocycles. The van der Waals surface area contributed by atoms with Crippen LogP contribution in [0.5, 0.6) is 0 Å². The Kier molecular flexibility index (Phi) is 9.06. The smallest absolute Gasteiger partial charge is 0.0700 e. The lowest BCUT2D eigenvalue weighted by atomic mass is 9.90. The summed E-state index contributed by atoms with van der Waals surface area (Å²) in [6, 6.07) is 0. The Balaban J connectivity index is 3.11. The van der Waals surface area contributed by atoms with Gasteiger partial charge in [0.2, 0.25) is 0 Å². The van der Waals surface area contributed by atoms with E-state index in [1.807, 2.05) is 0 Å². The minimum absolute atomic E-state index is 0.414. The molecule has 0 aromatic rings. The lowest BCUT2D eigenvalue weighted by Crippen LogP contribution is -2.30. The number of hydrogen-bond donors (Lipinski definition) is 1. The third-order valence-corrected chi connectivity index (χ3v) is 2.63. The summed E-state index contributed by atoms with van der Waals surface area (Å²) in [6.45, 7) is 11.1. The molecule has 15 heavy (non-hydrogen) atoms. The van der Waals surface area contributed by atoms with Crippen molar-refractivity contribution in [1.29, 1.82) is 0 Å². The van der Waals surface area contributed by atoms with E-state index in [1.54, 1.807) is 7.11 Å². The molecule has 0 atom stereocenters. The van der Waals surface area contributed by atoms with Crippen LogP contribution in [0.3, 0.4) is 0 Å². The van der Waals surface area contributed by atoms with E-state index in [0.29, 0.717) is 18.6 Å². The number of ether oxygens (including phenoxy) is 2. The van der Waals surface area contributed by atoms with Crippen LogP contribution in [-0.4, -0.2) is 40.0 Å². The van der Waals surface area contributed by atoms with Gasteiger partial charge < -0.3 is 14.8 Å². The molecule has 0 radical (unpaired) electrons. The first kappa shape index (κ1) is 14.9. The zero-order valence-corrected chi connectivity index (χ0v) is 10.8. The molecule has 0 amide bonds. The average Bonchev–Trinajstić information content (AvgIpc) is 2.22. The van der Waals surface area contributed by atoms with Gasteiger partial charge in [-0.2, -0.15) is 0 Å². The van der Waals surface area contributed by atoms with E-state index >= 15 is 0 Å². The van der Waals surface area contributed by atoms with Gasteiger partial charge in [-0.15, -0.1) is 0 Å². The van der Waals surface area contributed by atoms with Crippen molar-refractivity contribution in [1.82, 2.24) is 5.32 Å². The van der Waals surface area contributed by atoms with Crippen molar-refractivity contribution in [2.24, 2.45) is 5.41 Å². The number of hydrogen-bond acceptors (Lipinski definition) is 3. The van der Waals surface area contributed by atoms with Gasteiger partial charge in [-0.25, -0.2) is 0 Å². The van der Waals surface area contributed by atoms with Crippen LogP contribution < -0.4 is 5.32 Å². The molecule has 0 saturated carbocycles. The maximum atomic E-state index is 5.37. The van der Waals surface area contributed by atoms with Crippen molar-refractivity contribution in [2.75, 3.05) is 40.0 Å². The Labute approximate surface area is 94.5 Å². The highest BCUT2D eigenvalue weighted by molar-refractivity contribution is 4.68. The second kappa shape index (κ2) is 9.13. The van der Waals surface area contributed by atoms with Gasteiger partial charge in [-0.05, 0) is 24.8 Å². The number of methoxy groups -OCH3 is 1. The molecule has 92 valence electrons. The van der Waals surface area contributed by atoms with Gasteiger partial charge in [0.25, 0.3) is 0 Å². The molecular formula is C12H27NO2. The molecule has 1 N–H and O–H groups in total. The van der Waals surface area contributed by atoms with Crippen LogP contribution in [0.25, 0.3) is 0 Å². The second-order valence-electron chi connectivity index (χ2n) is 4.65. The normalized spacial score (nSPS) is 12.0. The summed E-state index contributed by atoms with van der Waals surface area (Å²) >= 11 is 0. The summed E-state index contributed by atoms with van der Waals surface area (Å²) in [5.41, 5.74) is 0.414. The largest absolute Gasteiger partial charge is 0.382 e. The first-order valence-corrected chi connectivity index (χ1v) is 5.90. The molecule has 0 bridgehead atoms. The average molecular weight is 217 g/mol. The standard InChI is InChI=1S/C12H27NO2/c1-5-12(2,3)11-13-7-6-8-15-10-9-14-4/h13H,5-11H2,1-4H3. The second-order valence-corrected chi connectivity index (χ2v) is 4.65. The Bertz CT molecular complexity index is 138. The molecule has 0 aromatic heterocycles. The highest BCUT2D eigenvalue weighted by atomic mass is 16.5. The van der Waals surface area contributed by atoms with E-state index in [4.69, 9.17) is 9.47 Å². The van der Waals surface area contributed by atoms with E-state index < -0.39 is 0 Å². The van der Waals surface area contributed by atoms with Crippen LogP contribution in [-0.2, 0) is 9.47 Å². The predicted molar refractivity (Wildman–Crippen MR) is 64.3 cm³/mol. The molecule has 0 spiro atoms. The minimum Gasteiger partial charge on any atom is -0.382 e. The van der Waals surface area contributed by atoms with E-state index in [9.17, 15) is 0 Å². The molecule has 3 heteroatoms. The van der Waals surface area contributed by atoms with Gasteiger partial charge in [-0.3, -0.25) is 0 Å². The summed E-state index contributed by atoms with van der Waals surface area (Å²) in [4.78, 5) is 0. The maximum absolute atomic E-state index is 5.37. The van der Waals surface area contributed by atoms with Crippen LogP contribution in [0.1, 0.15) is 33.6 Å². The van der Waals surface area contributed by atoms with E-state index in [0.717, 1.165) is 26.1 Å². The van der Waals surface area contributed by atoms with Crippen LogP contribution in [0.15, 0.2) is 0 Å². The third-order valence-electron chi connectivity index (χ3n) is 2.63. The molecule has 0 unspecified atom stereocenters. The third kappa shape index (κ3) is 10.2. The summed E-state index contributed by atoms with van der Waals surface area (Å²) in [5, 5.41) is 3.46.